The normalized spacial score (nSPS) is 28.1. The number of nitrogens with two attached hydrogens (primary N) is 1. The number of aliphatic imine (C=N–C) groups is 1. The minimum atomic E-state index is 0.0800. The third-order valence-electron chi connectivity index (χ3n) is 2.76. The molecule has 0 aromatic rings. The molecule has 0 aromatic carbocycles. The van der Waals surface area contributed by atoms with Crippen LogP contribution in [0.4, 0.5) is 0 Å². The molecular formula is C11H24N4O2. The lowest BCUT2D eigenvalue weighted by Gasteiger charge is -2.38. The van der Waals surface area contributed by atoms with Gasteiger partial charge in [-0.2, -0.15) is 0 Å². The van der Waals surface area contributed by atoms with Crippen molar-refractivity contribution in [1.29, 1.82) is 0 Å². The van der Waals surface area contributed by atoms with Gasteiger partial charge < -0.3 is 14.4 Å². The van der Waals surface area contributed by atoms with Gasteiger partial charge in [0.15, 0.2) is 0 Å². The lowest BCUT2D eigenvalue weighted by atomic mass is 10.2. The maximum absolute atomic E-state index is 5.58. The molecule has 1 saturated heterocycles. The number of hydrogen-bond donors (Lipinski definition) is 2. The predicted octanol–water partition coefficient (Wildman–Crippen LogP) is -0.0502. The summed E-state index contributed by atoms with van der Waals surface area (Å²) in [5.41, 5.74) is 2.68. The largest absolute Gasteiger partial charge is 0.382 e. The zero-order valence-electron chi connectivity index (χ0n) is 11.1. The summed E-state index contributed by atoms with van der Waals surface area (Å²) in [4.78, 5) is 6.66. The van der Waals surface area contributed by atoms with Gasteiger partial charge >= 0.3 is 0 Å². The second kappa shape index (κ2) is 6.78. The second-order valence-corrected chi connectivity index (χ2v) is 4.55. The first-order valence-corrected chi connectivity index (χ1v) is 6.00. The molecule has 0 bridgehead atoms. The van der Waals surface area contributed by atoms with E-state index in [2.05, 4.69) is 22.2 Å². The van der Waals surface area contributed by atoms with E-state index in [1.54, 1.807) is 7.11 Å². The third kappa shape index (κ3) is 4.14. The Morgan fingerprint density at radius 1 is 1.65 bits per heavy atom. The topological polar surface area (TPSA) is 72.1 Å². The number of hydrogen-bond acceptors (Lipinski definition) is 4. The van der Waals surface area contributed by atoms with Crippen molar-refractivity contribution in [3.8, 4) is 0 Å². The number of morpholine rings is 1. The highest BCUT2D eigenvalue weighted by Crippen LogP contribution is 2.11. The molecule has 1 aliphatic heterocycles. The summed E-state index contributed by atoms with van der Waals surface area (Å²) in [5, 5.41) is 0. The molecule has 3 N–H and O–H groups in total. The quantitative estimate of drug-likeness (QED) is 0.315. The van der Waals surface area contributed by atoms with Gasteiger partial charge in [0.1, 0.15) is 0 Å². The molecule has 0 amide bonds. The van der Waals surface area contributed by atoms with E-state index in [0.29, 0.717) is 19.2 Å². The van der Waals surface area contributed by atoms with E-state index < -0.39 is 0 Å². The van der Waals surface area contributed by atoms with Crippen molar-refractivity contribution < 1.29 is 9.47 Å². The fraction of sp³-hybridized carbons (Fsp3) is 0.909. The number of nitrogens with one attached hydrogen (secondary N) is 1. The fourth-order valence-corrected chi connectivity index (χ4v) is 1.88. The molecule has 3 atom stereocenters. The molecule has 0 aromatic heterocycles. The van der Waals surface area contributed by atoms with Crippen LogP contribution in [0.3, 0.4) is 0 Å². The van der Waals surface area contributed by atoms with Crippen LogP contribution in [-0.4, -0.2) is 55.9 Å². The number of hydrazine groups is 1. The highest BCUT2D eigenvalue weighted by Gasteiger charge is 2.26. The smallest absolute Gasteiger partial charge is 0.209 e. The van der Waals surface area contributed by atoms with Crippen LogP contribution >= 0.6 is 0 Å². The van der Waals surface area contributed by atoms with Crippen LogP contribution in [0.1, 0.15) is 20.8 Å². The average molecular weight is 244 g/mol. The van der Waals surface area contributed by atoms with Gasteiger partial charge in [-0.3, -0.25) is 5.43 Å². The van der Waals surface area contributed by atoms with E-state index in [4.69, 9.17) is 15.3 Å². The number of rotatable bonds is 3. The third-order valence-corrected chi connectivity index (χ3v) is 2.76. The zero-order chi connectivity index (χ0) is 12.8. The Morgan fingerprint density at radius 2 is 2.35 bits per heavy atom. The molecule has 1 fully saturated rings. The van der Waals surface area contributed by atoms with Gasteiger partial charge in [0.2, 0.25) is 5.96 Å². The molecule has 0 radical (unpaired) electrons. The Bertz CT molecular complexity index is 260. The Kier molecular flexibility index (Phi) is 5.67. The standard InChI is InChI=1S/C11H24N4O2/c1-8(6-16-4)13-11(14-12)15-5-10(3)17-7-9(15)2/h8-10H,5-7,12H2,1-4H3,(H,13,14). The minimum absolute atomic E-state index is 0.0800. The van der Waals surface area contributed by atoms with Gasteiger partial charge in [-0.05, 0) is 20.8 Å². The van der Waals surface area contributed by atoms with Gasteiger partial charge in [-0.25, -0.2) is 10.8 Å². The van der Waals surface area contributed by atoms with E-state index in [9.17, 15) is 0 Å². The summed E-state index contributed by atoms with van der Waals surface area (Å²) in [7, 11) is 1.67. The van der Waals surface area contributed by atoms with Crippen LogP contribution in [0.2, 0.25) is 0 Å². The molecule has 1 rings (SSSR count). The molecule has 6 nitrogen and oxygen atoms in total. The first-order chi connectivity index (χ1) is 8.08. The lowest BCUT2D eigenvalue weighted by molar-refractivity contribution is -0.0237. The maximum atomic E-state index is 5.58. The number of ether oxygens (including phenoxy) is 2. The van der Waals surface area contributed by atoms with Crippen molar-refractivity contribution in [3.05, 3.63) is 0 Å². The van der Waals surface area contributed by atoms with Crippen LogP contribution < -0.4 is 11.3 Å². The van der Waals surface area contributed by atoms with Crippen molar-refractivity contribution in [3.63, 3.8) is 0 Å². The highest BCUT2D eigenvalue weighted by molar-refractivity contribution is 5.80. The monoisotopic (exact) mass is 244 g/mol. The average Bonchev–Trinajstić information content (AvgIpc) is 2.30. The molecule has 3 unspecified atom stereocenters. The number of nitrogens with zero attached hydrogens (tertiary/aromatic N) is 2. The van der Waals surface area contributed by atoms with E-state index >= 15 is 0 Å². The number of guanidine groups is 1. The second-order valence-electron chi connectivity index (χ2n) is 4.55. The van der Waals surface area contributed by atoms with Crippen LogP contribution in [0.25, 0.3) is 0 Å². The molecule has 6 heteroatoms. The van der Waals surface area contributed by atoms with Crippen molar-refractivity contribution in [2.24, 2.45) is 10.8 Å². The first-order valence-electron chi connectivity index (χ1n) is 6.00. The molecule has 0 spiro atoms. The summed E-state index contributed by atoms with van der Waals surface area (Å²) in [6.45, 7) is 8.21. The van der Waals surface area contributed by atoms with Gasteiger partial charge in [0.25, 0.3) is 0 Å². The Morgan fingerprint density at radius 3 is 2.94 bits per heavy atom. The summed E-state index contributed by atoms with van der Waals surface area (Å²) < 4.78 is 10.6. The fourth-order valence-electron chi connectivity index (χ4n) is 1.88. The summed E-state index contributed by atoms with van der Waals surface area (Å²) in [6, 6.07) is 0.354. The highest BCUT2D eigenvalue weighted by atomic mass is 16.5. The van der Waals surface area contributed by atoms with Crippen molar-refractivity contribution in [2.45, 2.75) is 39.0 Å². The molecule has 0 saturated carbocycles. The molecule has 100 valence electrons. The van der Waals surface area contributed by atoms with Crippen LogP contribution in [0.5, 0.6) is 0 Å². The van der Waals surface area contributed by atoms with Gasteiger partial charge in [-0.1, -0.05) is 0 Å². The Hall–Kier alpha value is -0.850. The van der Waals surface area contributed by atoms with E-state index in [0.717, 1.165) is 6.54 Å². The Labute approximate surface area is 103 Å². The van der Waals surface area contributed by atoms with Crippen LogP contribution in [-0.2, 0) is 9.47 Å². The predicted molar refractivity (Wildman–Crippen MR) is 67.7 cm³/mol. The molecular weight excluding hydrogens is 220 g/mol. The molecule has 17 heavy (non-hydrogen) atoms. The van der Waals surface area contributed by atoms with E-state index in [-0.39, 0.29) is 18.2 Å². The first kappa shape index (κ1) is 14.2. The summed E-state index contributed by atoms with van der Waals surface area (Å²) >= 11 is 0. The SMILES string of the molecule is COCC(C)N=C(NN)N1CC(C)OCC1C. The molecule has 1 heterocycles. The molecule has 1 aliphatic rings. The van der Waals surface area contributed by atoms with E-state index in [1.807, 2.05) is 13.8 Å². The Balaban J connectivity index is 2.70. The lowest BCUT2D eigenvalue weighted by Crippen LogP contribution is -2.56. The molecule has 0 aliphatic carbocycles. The summed E-state index contributed by atoms with van der Waals surface area (Å²) in [5.74, 6) is 6.26. The van der Waals surface area contributed by atoms with Gasteiger partial charge in [0, 0.05) is 13.7 Å². The van der Waals surface area contributed by atoms with Crippen LogP contribution in [0.15, 0.2) is 4.99 Å². The van der Waals surface area contributed by atoms with Crippen molar-refractivity contribution >= 4 is 5.96 Å². The van der Waals surface area contributed by atoms with Crippen molar-refractivity contribution in [2.75, 3.05) is 26.9 Å². The van der Waals surface area contributed by atoms with Gasteiger partial charge in [0.05, 0.1) is 31.4 Å². The minimum Gasteiger partial charge on any atom is -0.382 e. The number of methoxy groups -OCH3 is 1. The van der Waals surface area contributed by atoms with E-state index in [1.165, 1.54) is 0 Å². The van der Waals surface area contributed by atoms with Gasteiger partial charge in [-0.15, -0.1) is 0 Å². The maximum Gasteiger partial charge on any atom is 0.209 e. The zero-order valence-corrected chi connectivity index (χ0v) is 11.1. The van der Waals surface area contributed by atoms with Crippen LogP contribution in [0, 0.1) is 0 Å². The van der Waals surface area contributed by atoms with Crippen molar-refractivity contribution in [1.82, 2.24) is 10.3 Å². The summed E-state index contributed by atoms with van der Waals surface area (Å²) in [6.07, 6.45) is 0.197.